The number of nitrogens with one attached hydrogen (secondary N) is 1. The van der Waals surface area contributed by atoms with Crippen molar-refractivity contribution in [1.82, 2.24) is 4.98 Å². The van der Waals surface area contributed by atoms with Crippen LogP contribution in [0, 0.1) is 0 Å². The molecule has 1 N–H and O–H groups in total. The van der Waals surface area contributed by atoms with Gasteiger partial charge in [-0.05, 0) is 37.5 Å². The van der Waals surface area contributed by atoms with Crippen molar-refractivity contribution in [2.24, 2.45) is 0 Å². The summed E-state index contributed by atoms with van der Waals surface area (Å²) in [5.41, 5.74) is 3.19. The van der Waals surface area contributed by atoms with Crippen LogP contribution in [0.5, 0.6) is 5.75 Å². The minimum atomic E-state index is -0.282. The van der Waals surface area contributed by atoms with E-state index < -0.39 is 0 Å². The van der Waals surface area contributed by atoms with E-state index in [9.17, 15) is 0 Å². The standard InChI is InChI=1S/C21H17NO.2C2H6/c1-21(2)12-11-16-19-18(15-9-5-6-10-17(15)22-19)13-7-3-4-8-14(13)20(16)23-21;2*1-2/h3-12,22H,1-2H3;2*1-2H3. The molecule has 1 aromatic heterocycles. The summed E-state index contributed by atoms with van der Waals surface area (Å²) in [5.74, 6) is 0.979. The first-order valence-electron chi connectivity index (χ1n) is 9.97. The number of para-hydroxylation sites is 1. The van der Waals surface area contributed by atoms with Crippen molar-refractivity contribution in [1.29, 1.82) is 0 Å². The van der Waals surface area contributed by atoms with Crippen LogP contribution in [0.2, 0.25) is 0 Å². The van der Waals surface area contributed by atoms with Crippen LogP contribution in [0.1, 0.15) is 47.1 Å². The van der Waals surface area contributed by atoms with Crippen LogP contribution < -0.4 is 4.74 Å². The minimum absolute atomic E-state index is 0.282. The van der Waals surface area contributed by atoms with Gasteiger partial charge in [-0.15, -0.1) is 0 Å². The predicted octanol–water partition coefficient (Wildman–Crippen LogP) is 7.71. The first-order chi connectivity index (χ1) is 13.1. The lowest BCUT2D eigenvalue weighted by atomic mass is 9.95. The van der Waals surface area contributed by atoms with Gasteiger partial charge >= 0.3 is 0 Å². The third-order valence-corrected chi connectivity index (χ3v) is 4.68. The summed E-state index contributed by atoms with van der Waals surface area (Å²) < 4.78 is 6.33. The largest absolute Gasteiger partial charge is 0.482 e. The fourth-order valence-electron chi connectivity index (χ4n) is 3.63. The average molecular weight is 360 g/mol. The summed E-state index contributed by atoms with van der Waals surface area (Å²) in [5, 5.41) is 4.96. The number of hydrogen-bond donors (Lipinski definition) is 1. The third kappa shape index (κ3) is 3.10. The number of H-pyrrole nitrogens is 1. The first kappa shape index (κ1) is 19.0. The summed E-state index contributed by atoms with van der Waals surface area (Å²) in [6.07, 6.45) is 4.33. The molecular weight excluding hydrogens is 330 g/mol. The second kappa shape index (κ2) is 7.48. The number of aromatic nitrogens is 1. The van der Waals surface area contributed by atoms with Crippen LogP contribution in [0.3, 0.4) is 0 Å². The van der Waals surface area contributed by atoms with Crippen LogP contribution in [0.25, 0.3) is 38.7 Å². The van der Waals surface area contributed by atoms with E-state index in [1.165, 1.54) is 27.1 Å². The smallest absolute Gasteiger partial charge is 0.137 e. The molecule has 3 aromatic carbocycles. The lowest BCUT2D eigenvalue weighted by Gasteiger charge is -2.29. The summed E-state index contributed by atoms with van der Waals surface area (Å²) in [7, 11) is 0. The molecule has 0 spiro atoms. The second-order valence-electron chi connectivity index (χ2n) is 6.75. The number of ether oxygens (including phenoxy) is 1. The second-order valence-corrected chi connectivity index (χ2v) is 6.75. The lowest BCUT2D eigenvalue weighted by molar-refractivity contribution is 0.162. The highest BCUT2D eigenvalue weighted by atomic mass is 16.5. The van der Waals surface area contributed by atoms with Crippen LogP contribution in [-0.2, 0) is 0 Å². The molecule has 4 aromatic rings. The van der Waals surface area contributed by atoms with Gasteiger partial charge in [0.15, 0.2) is 0 Å². The van der Waals surface area contributed by atoms with Gasteiger partial charge < -0.3 is 9.72 Å². The summed E-state index contributed by atoms with van der Waals surface area (Å²) in [6, 6.07) is 17.0. The van der Waals surface area contributed by atoms with Gasteiger partial charge in [0.1, 0.15) is 11.4 Å². The molecule has 0 radical (unpaired) electrons. The minimum Gasteiger partial charge on any atom is -0.482 e. The molecule has 0 bridgehead atoms. The van der Waals surface area contributed by atoms with E-state index in [0.717, 1.165) is 16.8 Å². The maximum Gasteiger partial charge on any atom is 0.137 e. The fourth-order valence-corrected chi connectivity index (χ4v) is 3.63. The van der Waals surface area contributed by atoms with Crippen molar-refractivity contribution in [2.45, 2.75) is 47.1 Å². The Balaban J connectivity index is 0.000000495. The molecule has 2 heteroatoms. The Morgan fingerprint density at radius 2 is 1.37 bits per heavy atom. The molecule has 0 amide bonds. The molecule has 1 aliphatic heterocycles. The molecule has 27 heavy (non-hydrogen) atoms. The molecule has 5 rings (SSSR count). The van der Waals surface area contributed by atoms with Gasteiger partial charge in [-0.1, -0.05) is 70.2 Å². The van der Waals surface area contributed by atoms with Gasteiger partial charge in [0.2, 0.25) is 0 Å². The zero-order chi connectivity index (χ0) is 19.6. The monoisotopic (exact) mass is 359 g/mol. The van der Waals surface area contributed by atoms with Gasteiger partial charge in [-0.2, -0.15) is 0 Å². The molecule has 1 aliphatic rings. The molecule has 0 saturated carbocycles. The summed E-state index contributed by atoms with van der Waals surface area (Å²) in [4.78, 5) is 3.59. The Kier molecular flexibility index (Phi) is 5.27. The Morgan fingerprint density at radius 3 is 2.07 bits per heavy atom. The highest BCUT2D eigenvalue weighted by molar-refractivity contribution is 6.24. The number of hydrogen-bond acceptors (Lipinski definition) is 1. The highest BCUT2D eigenvalue weighted by Crippen LogP contribution is 2.44. The van der Waals surface area contributed by atoms with E-state index in [-0.39, 0.29) is 5.60 Å². The predicted molar refractivity (Wildman–Crippen MR) is 120 cm³/mol. The number of fused-ring (bicyclic) bond motifs is 8. The quantitative estimate of drug-likeness (QED) is 0.342. The lowest BCUT2D eigenvalue weighted by Crippen LogP contribution is -2.27. The highest BCUT2D eigenvalue weighted by Gasteiger charge is 2.26. The summed E-state index contributed by atoms with van der Waals surface area (Å²) in [6.45, 7) is 12.2. The van der Waals surface area contributed by atoms with Crippen LogP contribution in [0.4, 0.5) is 0 Å². The van der Waals surface area contributed by atoms with E-state index >= 15 is 0 Å². The van der Waals surface area contributed by atoms with Crippen LogP contribution in [0.15, 0.2) is 54.6 Å². The zero-order valence-electron chi connectivity index (χ0n) is 17.2. The molecule has 0 fully saturated rings. The number of rotatable bonds is 0. The fraction of sp³-hybridized carbons (Fsp3) is 0.280. The van der Waals surface area contributed by atoms with Gasteiger partial charge in [0.25, 0.3) is 0 Å². The van der Waals surface area contributed by atoms with Crippen molar-refractivity contribution >= 4 is 38.7 Å². The average Bonchev–Trinajstić information content (AvgIpc) is 3.10. The van der Waals surface area contributed by atoms with Crippen molar-refractivity contribution in [2.75, 3.05) is 0 Å². The summed E-state index contributed by atoms with van der Waals surface area (Å²) >= 11 is 0. The molecule has 140 valence electrons. The van der Waals surface area contributed by atoms with Crippen molar-refractivity contribution < 1.29 is 4.74 Å². The van der Waals surface area contributed by atoms with Crippen LogP contribution in [-0.4, -0.2) is 10.6 Å². The Morgan fingerprint density at radius 1 is 0.778 bits per heavy atom. The van der Waals surface area contributed by atoms with E-state index in [2.05, 4.69) is 79.5 Å². The van der Waals surface area contributed by atoms with Gasteiger partial charge in [-0.25, -0.2) is 0 Å². The molecular formula is C25H29NO. The van der Waals surface area contributed by atoms with Crippen molar-refractivity contribution in [3.63, 3.8) is 0 Å². The first-order valence-corrected chi connectivity index (χ1v) is 9.97. The maximum absolute atomic E-state index is 6.33. The Labute approximate surface area is 161 Å². The third-order valence-electron chi connectivity index (χ3n) is 4.68. The van der Waals surface area contributed by atoms with E-state index in [1.54, 1.807) is 0 Å². The molecule has 0 saturated heterocycles. The normalized spacial score (nSPS) is 14.0. The van der Waals surface area contributed by atoms with E-state index in [1.807, 2.05) is 27.7 Å². The topological polar surface area (TPSA) is 25.0 Å². The molecule has 2 heterocycles. The van der Waals surface area contributed by atoms with Crippen LogP contribution >= 0.6 is 0 Å². The van der Waals surface area contributed by atoms with Crippen molar-refractivity contribution in [3.05, 3.63) is 60.2 Å². The molecule has 0 aliphatic carbocycles. The van der Waals surface area contributed by atoms with Crippen molar-refractivity contribution in [3.8, 4) is 5.75 Å². The molecule has 0 atom stereocenters. The van der Waals surface area contributed by atoms with Gasteiger partial charge in [0, 0.05) is 27.2 Å². The number of aromatic amines is 1. The molecule has 0 unspecified atom stereocenters. The van der Waals surface area contributed by atoms with E-state index in [4.69, 9.17) is 4.74 Å². The van der Waals surface area contributed by atoms with E-state index in [0.29, 0.717) is 0 Å². The zero-order valence-corrected chi connectivity index (χ0v) is 17.2. The molecule has 2 nitrogen and oxygen atoms in total. The Hall–Kier alpha value is -2.74. The Bertz CT molecular complexity index is 1120. The number of benzene rings is 3. The van der Waals surface area contributed by atoms with Gasteiger partial charge in [0.05, 0.1) is 5.52 Å². The van der Waals surface area contributed by atoms with Gasteiger partial charge in [-0.3, -0.25) is 0 Å². The SMILES string of the molecule is CC.CC.CC1(C)C=Cc2c(c3ccccc3c3c2[nH]c2ccccc23)O1. The maximum atomic E-state index is 6.33.